The van der Waals surface area contributed by atoms with E-state index in [4.69, 9.17) is 0 Å². The Labute approximate surface area is 120 Å². The number of hydrogen-bond donors (Lipinski definition) is 1. The zero-order valence-electron chi connectivity index (χ0n) is 12.1. The second-order valence-electron chi connectivity index (χ2n) is 5.13. The highest BCUT2D eigenvalue weighted by Crippen LogP contribution is 2.32. The van der Waals surface area contributed by atoms with Crippen LogP contribution in [-0.2, 0) is 6.18 Å². The summed E-state index contributed by atoms with van der Waals surface area (Å²) in [5.74, 6) is -2.38. The van der Waals surface area contributed by atoms with Gasteiger partial charge in [0.15, 0.2) is 0 Å². The highest BCUT2D eigenvalue weighted by molar-refractivity contribution is 5.94. The van der Waals surface area contributed by atoms with Gasteiger partial charge in [-0.05, 0) is 46.1 Å². The van der Waals surface area contributed by atoms with Crippen molar-refractivity contribution in [1.82, 2.24) is 10.2 Å². The van der Waals surface area contributed by atoms with Gasteiger partial charge < -0.3 is 10.2 Å². The number of amides is 1. The van der Waals surface area contributed by atoms with Gasteiger partial charge in [0.05, 0.1) is 11.1 Å². The van der Waals surface area contributed by atoms with Crippen LogP contribution in [0.5, 0.6) is 0 Å². The van der Waals surface area contributed by atoms with E-state index in [1.54, 1.807) is 6.92 Å². The van der Waals surface area contributed by atoms with E-state index < -0.39 is 29.0 Å². The van der Waals surface area contributed by atoms with Gasteiger partial charge in [-0.25, -0.2) is 4.39 Å². The molecule has 1 N–H and O–H groups in total. The smallest absolute Gasteiger partial charge is 0.349 e. The lowest BCUT2D eigenvalue weighted by Gasteiger charge is -2.17. The first-order valence-electron chi connectivity index (χ1n) is 6.44. The normalized spacial score (nSPS) is 13.3. The van der Waals surface area contributed by atoms with Crippen molar-refractivity contribution in [3.63, 3.8) is 0 Å². The third-order valence-electron chi connectivity index (χ3n) is 2.94. The highest BCUT2D eigenvalue weighted by Gasteiger charge is 2.35. The Balaban J connectivity index is 2.84. The topological polar surface area (TPSA) is 32.3 Å². The van der Waals surface area contributed by atoms with E-state index in [1.807, 2.05) is 19.0 Å². The molecule has 118 valence electrons. The van der Waals surface area contributed by atoms with Gasteiger partial charge in [0.1, 0.15) is 5.82 Å². The van der Waals surface area contributed by atoms with Crippen molar-refractivity contribution >= 4 is 5.91 Å². The fraction of sp³-hybridized carbons (Fsp3) is 0.500. The summed E-state index contributed by atoms with van der Waals surface area (Å²) in [7, 11) is 3.72. The van der Waals surface area contributed by atoms with E-state index in [2.05, 4.69) is 5.32 Å². The summed E-state index contributed by atoms with van der Waals surface area (Å²) in [6, 6.07) is 2.40. The van der Waals surface area contributed by atoms with E-state index >= 15 is 0 Å². The molecule has 0 saturated heterocycles. The van der Waals surface area contributed by atoms with E-state index in [-0.39, 0.29) is 6.04 Å². The van der Waals surface area contributed by atoms with Crippen LogP contribution in [0.3, 0.4) is 0 Å². The van der Waals surface area contributed by atoms with Gasteiger partial charge in [0, 0.05) is 6.04 Å². The summed E-state index contributed by atoms with van der Waals surface area (Å²) in [5, 5.41) is 2.50. The number of benzene rings is 1. The molecule has 1 aromatic carbocycles. The standard InChI is InChI=1S/C14H18F4N2O/c1-9(7-8-20(2)3)19-13(21)10-5-4-6-11(12(10)15)14(16,17)18/h4-6,9H,7-8H2,1-3H3,(H,19,21). The predicted octanol–water partition coefficient (Wildman–Crippen LogP) is 2.91. The van der Waals surface area contributed by atoms with Gasteiger partial charge >= 0.3 is 6.18 Å². The SMILES string of the molecule is CC(CCN(C)C)NC(=O)c1cccc(C(F)(F)F)c1F. The summed E-state index contributed by atoms with van der Waals surface area (Å²) in [5.41, 5.74) is -2.03. The van der Waals surface area contributed by atoms with Crippen molar-refractivity contribution in [2.45, 2.75) is 25.6 Å². The molecule has 1 unspecified atom stereocenters. The second-order valence-corrected chi connectivity index (χ2v) is 5.13. The summed E-state index contributed by atoms with van der Waals surface area (Å²) in [6.07, 6.45) is -4.21. The average Bonchev–Trinajstić information content (AvgIpc) is 2.35. The number of nitrogens with zero attached hydrogens (tertiary/aromatic N) is 1. The van der Waals surface area contributed by atoms with E-state index in [1.165, 1.54) is 0 Å². The van der Waals surface area contributed by atoms with Crippen molar-refractivity contribution in [2.24, 2.45) is 0 Å². The van der Waals surface area contributed by atoms with Crippen molar-refractivity contribution < 1.29 is 22.4 Å². The van der Waals surface area contributed by atoms with Crippen LogP contribution in [0.4, 0.5) is 17.6 Å². The largest absolute Gasteiger partial charge is 0.419 e. The zero-order chi connectivity index (χ0) is 16.2. The lowest BCUT2D eigenvalue weighted by atomic mass is 10.1. The van der Waals surface area contributed by atoms with Crippen LogP contribution in [-0.4, -0.2) is 37.5 Å². The van der Waals surface area contributed by atoms with Crippen LogP contribution in [0.1, 0.15) is 29.3 Å². The number of alkyl halides is 3. The monoisotopic (exact) mass is 306 g/mol. The molecular formula is C14H18F4N2O. The minimum atomic E-state index is -4.82. The minimum Gasteiger partial charge on any atom is -0.349 e. The molecule has 7 heteroatoms. The molecular weight excluding hydrogens is 288 g/mol. The van der Waals surface area contributed by atoms with Crippen molar-refractivity contribution in [2.75, 3.05) is 20.6 Å². The summed E-state index contributed by atoms with van der Waals surface area (Å²) in [6.45, 7) is 2.42. The number of rotatable bonds is 5. The molecule has 1 atom stereocenters. The first kappa shape index (κ1) is 17.4. The lowest BCUT2D eigenvalue weighted by molar-refractivity contribution is -0.140. The number of halogens is 4. The van der Waals surface area contributed by atoms with Crippen LogP contribution >= 0.6 is 0 Å². The van der Waals surface area contributed by atoms with Crippen LogP contribution in [0, 0.1) is 5.82 Å². The third kappa shape index (κ3) is 5.00. The quantitative estimate of drug-likeness (QED) is 0.848. The maximum absolute atomic E-state index is 13.8. The predicted molar refractivity (Wildman–Crippen MR) is 71.5 cm³/mol. The van der Waals surface area contributed by atoms with Gasteiger partial charge in [0.2, 0.25) is 0 Å². The highest BCUT2D eigenvalue weighted by atomic mass is 19.4. The number of nitrogens with one attached hydrogen (secondary N) is 1. The fourth-order valence-electron chi connectivity index (χ4n) is 1.75. The molecule has 0 fully saturated rings. The first-order valence-corrected chi connectivity index (χ1v) is 6.44. The summed E-state index contributed by atoms with van der Waals surface area (Å²) < 4.78 is 51.6. The molecule has 0 bridgehead atoms. The zero-order valence-corrected chi connectivity index (χ0v) is 12.1. The van der Waals surface area contributed by atoms with Gasteiger partial charge in [-0.1, -0.05) is 6.07 Å². The molecule has 0 spiro atoms. The van der Waals surface area contributed by atoms with E-state index in [9.17, 15) is 22.4 Å². The number of carbonyl (C=O) groups excluding carboxylic acids is 1. The fourth-order valence-corrected chi connectivity index (χ4v) is 1.75. The number of hydrogen-bond acceptors (Lipinski definition) is 2. The molecule has 0 aliphatic carbocycles. The van der Waals surface area contributed by atoms with Crippen LogP contribution in [0.25, 0.3) is 0 Å². The van der Waals surface area contributed by atoms with Gasteiger partial charge in [-0.3, -0.25) is 4.79 Å². The van der Waals surface area contributed by atoms with Crippen LogP contribution < -0.4 is 5.32 Å². The Morgan fingerprint density at radius 2 is 1.95 bits per heavy atom. The third-order valence-corrected chi connectivity index (χ3v) is 2.94. The van der Waals surface area contributed by atoms with Gasteiger partial charge in [-0.15, -0.1) is 0 Å². The molecule has 0 heterocycles. The molecule has 3 nitrogen and oxygen atoms in total. The molecule has 1 rings (SSSR count). The van der Waals surface area contributed by atoms with Gasteiger partial charge in [0.25, 0.3) is 5.91 Å². The number of carbonyl (C=O) groups is 1. The van der Waals surface area contributed by atoms with Gasteiger partial charge in [-0.2, -0.15) is 13.2 Å². The Morgan fingerprint density at radius 3 is 2.48 bits per heavy atom. The molecule has 0 aliphatic rings. The molecule has 0 radical (unpaired) electrons. The molecule has 0 aromatic heterocycles. The van der Waals surface area contributed by atoms with Crippen molar-refractivity contribution in [3.05, 3.63) is 35.1 Å². The first-order chi connectivity index (χ1) is 9.62. The van der Waals surface area contributed by atoms with Crippen molar-refractivity contribution in [3.8, 4) is 0 Å². The van der Waals surface area contributed by atoms with Crippen LogP contribution in [0.15, 0.2) is 18.2 Å². The molecule has 0 aliphatic heterocycles. The average molecular weight is 306 g/mol. The summed E-state index contributed by atoms with van der Waals surface area (Å²) >= 11 is 0. The van der Waals surface area contributed by atoms with E-state index in [0.717, 1.165) is 12.1 Å². The Bertz CT molecular complexity index is 500. The molecule has 0 saturated carbocycles. The Kier molecular flexibility index (Phi) is 5.71. The summed E-state index contributed by atoms with van der Waals surface area (Å²) in [4.78, 5) is 13.8. The lowest BCUT2D eigenvalue weighted by Crippen LogP contribution is -2.35. The molecule has 1 amide bonds. The maximum atomic E-state index is 13.8. The Hall–Kier alpha value is -1.63. The molecule has 1 aromatic rings. The Morgan fingerprint density at radius 1 is 1.33 bits per heavy atom. The second kappa shape index (κ2) is 6.89. The van der Waals surface area contributed by atoms with Crippen molar-refractivity contribution in [1.29, 1.82) is 0 Å². The maximum Gasteiger partial charge on any atom is 0.419 e. The molecule has 21 heavy (non-hydrogen) atoms. The minimum absolute atomic E-state index is 0.270. The van der Waals surface area contributed by atoms with E-state index in [0.29, 0.717) is 19.0 Å². The van der Waals surface area contributed by atoms with Crippen LogP contribution in [0.2, 0.25) is 0 Å².